The van der Waals surface area contributed by atoms with Gasteiger partial charge in [-0.2, -0.15) is 0 Å². The Balaban J connectivity index is 0.000000960. The van der Waals surface area contributed by atoms with Gasteiger partial charge in [0.15, 0.2) is 0 Å². The van der Waals surface area contributed by atoms with Crippen LogP contribution in [0.25, 0.3) is 0 Å². The minimum Gasteiger partial charge on any atom is -0.481 e. The van der Waals surface area contributed by atoms with Crippen LogP contribution in [-0.2, 0) is 15.0 Å². The standard InChI is InChI=1S/C20H24N2O3.C2H4O2/c1-14(22(3)4)20(2,19(21)24)16-11-8-12-17(13-16)25-18(23)15-9-6-5-7-10-15;1-2(3)4/h5-14H,1-4H3,(H2,21,24);1H3,(H,3,4). The van der Waals surface area contributed by atoms with Gasteiger partial charge in [-0.1, -0.05) is 30.3 Å². The SMILES string of the molecule is CC(=O)O.CC(N(C)C)C(C)(C(N)=O)c1cccc(OC(=O)c2ccccc2)c1. The molecule has 0 radical (unpaired) electrons. The number of ether oxygens (including phenoxy) is 1. The molecular weight excluding hydrogens is 372 g/mol. The largest absolute Gasteiger partial charge is 0.481 e. The molecule has 0 aromatic heterocycles. The molecule has 7 nitrogen and oxygen atoms in total. The number of likely N-dealkylation sites (N-methyl/N-ethyl adjacent to an activating group) is 1. The fourth-order valence-electron chi connectivity index (χ4n) is 2.73. The van der Waals surface area contributed by atoms with Crippen molar-refractivity contribution < 1.29 is 24.2 Å². The van der Waals surface area contributed by atoms with Crippen LogP contribution in [0.3, 0.4) is 0 Å². The van der Waals surface area contributed by atoms with Crippen LogP contribution in [-0.4, -0.2) is 48.0 Å². The van der Waals surface area contributed by atoms with Gasteiger partial charge in [-0.3, -0.25) is 9.59 Å². The molecule has 0 aliphatic carbocycles. The molecule has 0 saturated heterocycles. The van der Waals surface area contributed by atoms with Gasteiger partial charge >= 0.3 is 5.97 Å². The summed E-state index contributed by atoms with van der Waals surface area (Å²) in [6.45, 7) is 4.82. The maximum Gasteiger partial charge on any atom is 0.343 e. The van der Waals surface area contributed by atoms with Crippen molar-refractivity contribution in [1.29, 1.82) is 0 Å². The van der Waals surface area contributed by atoms with Gasteiger partial charge in [0.05, 0.1) is 11.0 Å². The average Bonchev–Trinajstić information content (AvgIpc) is 2.67. The van der Waals surface area contributed by atoms with Gasteiger partial charge < -0.3 is 20.5 Å². The van der Waals surface area contributed by atoms with E-state index >= 15 is 0 Å². The molecular formula is C22H28N2O5. The van der Waals surface area contributed by atoms with E-state index in [1.807, 2.05) is 38.1 Å². The molecule has 2 aromatic carbocycles. The molecule has 0 fully saturated rings. The van der Waals surface area contributed by atoms with Gasteiger partial charge in [0.1, 0.15) is 5.75 Å². The topological polar surface area (TPSA) is 110 Å². The summed E-state index contributed by atoms with van der Waals surface area (Å²) in [7, 11) is 3.79. The van der Waals surface area contributed by atoms with E-state index in [0.717, 1.165) is 6.92 Å². The predicted octanol–water partition coefficient (Wildman–Crippen LogP) is 2.69. The molecule has 2 aromatic rings. The normalized spacial score (nSPS) is 13.4. The van der Waals surface area contributed by atoms with Crippen molar-refractivity contribution >= 4 is 17.8 Å². The highest BCUT2D eigenvalue weighted by Crippen LogP contribution is 2.32. The summed E-state index contributed by atoms with van der Waals surface area (Å²) in [4.78, 5) is 35.4. The number of esters is 1. The summed E-state index contributed by atoms with van der Waals surface area (Å²) >= 11 is 0. The number of nitrogens with two attached hydrogens (primary N) is 1. The average molecular weight is 400 g/mol. The van der Waals surface area contributed by atoms with E-state index < -0.39 is 23.3 Å². The van der Waals surface area contributed by atoms with Crippen molar-refractivity contribution in [3.05, 3.63) is 65.7 Å². The number of amides is 1. The lowest BCUT2D eigenvalue weighted by atomic mass is 9.75. The van der Waals surface area contributed by atoms with Crippen molar-refractivity contribution in [2.45, 2.75) is 32.2 Å². The van der Waals surface area contributed by atoms with Crippen molar-refractivity contribution in [3.63, 3.8) is 0 Å². The quantitative estimate of drug-likeness (QED) is 0.570. The van der Waals surface area contributed by atoms with Crippen LogP contribution in [0.4, 0.5) is 0 Å². The molecule has 1 amide bonds. The van der Waals surface area contributed by atoms with Gasteiger partial charge in [0.2, 0.25) is 5.91 Å². The zero-order chi connectivity index (χ0) is 22.2. The smallest absolute Gasteiger partial charge is 0.343 e. The van der Waals surface area contributed by atoms with Gasteiger partial charge in [-0.05, 0) is 57.8 Å². The lowest BCUT2D eigenvalue weighted by Crippen LogP contribution is -2.52. The van der Waals surface area contributed by atoms with E-state index in [1.165, 1.54) is 0 Å². The van der Waals surface area contributed by atoms with E-state index in [2.05, 4.69) is 0 Å². The Labute approximate surface area is 171 Å². The number of primary amides is 1. The predicted molar refractivity (Wildman–Crippen MR) is 111 cm³/mol. The number of carbonyl (C=O) groups is 3. The number of carbonyl (C=O) groups excluding carboxylic acids is 2. The minimum atomic E-state index is -0.918. The third-order valence-electron chi connectivity index (χ3n) is 4.78. The molecule has 2 rings (SSSR count). The first-order chi connectivity index (χ1) is 13.5. The molecule has 3 N–H and O–H groups in total. The van der Waals surface area contributed by atoms with Crippen molar-refractivity contribution in [2.24, 2.45) is 5.73 Å². The molecule has 2 atom stereocenters. The highest BCUT2D eigenvalue weighted by atomic mass is 16.5. The molecule has 0 bridgehead atoms. The fourth-order valence-corrected chi connectivity index (χ4v) is 2.73. The summed E-state index contributed by atoms with van der Waals surface area (Å²) in [6, 6.07) is 15.6. The number of rotatable bonds is 6. The Bertz CT molecular complexity index is 847. The maximum absolute atomic E-state index is 12.2. The maximum atomic E-state index is 12.2. The van der Waals surface area contributed by atoms with Crippen LogP contribution < -0.4 is 10.5 Å². The molecule has 0 aliphatic rings. The number of aliphatic carboxylic acids is 1. The third-order valence-corrected chi connectivity index (χ3v) is 4.78. The van der Waals surface area contributed by atoms with Crippen LogP contribution in [0.2, 0.25) is 0 Å². The van der Waals surface area contributed by atoms with E-state index in [1.54, 1.807) is 49.4 Å². The Morgan fingerprint density at radius 1 is 1.07 bits per heavy atom. The zero-order valence-corrected chi connectivity index (χ0v) is 17.4. The fraction of sp³-hybridized carbons (Fsp3) is 0.318. The first-order valence-electron chi connectivity index (χ1n) is 9.03. The first kappa shape index (κ1) is 23.8. The Morgan fingerprint density at radius 3 is 2.10 bits per heavy atom. The second-order valence-corrected chi connectivity index (χ2v) is 7.01. The van der Waals surface area contributed by atoms with Crippen LogP contribution in [0.15, 0.2) is 54.6 Å². The number of nitrogens with zero attached hydrogens (tertiary/aromatic N) is 1. The number of hydrogen-bond donors (Lipinski definition) is 2. The van der Waals surface area contributed by atoms with Crippen molar-refractivity contribution in [3.8, 4) is 5.75 Å². The van der Waals surface area contributed by atoms with Crippen LogP contribution in [0, 0.1) is 0 Å². The first-order valence-corrected chi connectivity index (χ1v) is 9.03. The van der Waals surface area contributed by atoms with Gasteiger partial charge in [-0.25, -0.2) is 4.79 Å². The minimum absolute atomic E-state index is 0.134. The Kier molecular flexibility index (Phi) is 8.54. The molecule has 7 heteroatoms. The highest BCUT2D eigenvalue weighted by molar-refractivity contribution is 5.91. The van der Waals surface area contributed by atoms with Gasteiger partial charge in [0.25, 0.3) is 5.97 Å². The second-order valence-electron chi connectivity index (χ2n) is 7.01. The summed E-state index contributed by atoms with van der Waals surface area (Å²) in [5.41, 5.74) is 5.97. The van der Waals surface area contributed by atoms with Crippen LogP contribution >= 0.6 is 0 Å². The monoisotopic (exact) mass is 400 g/mol. The molecule has 0 heterocycles. The highest BCUT2D eigenvalue weighted by Gasteiger charge is 2.40. The molecule has 2 unspecified atom stereocenters. The summed E-state index contributed by atoms with van der Waals surface area (Å²) in [5, 5.41) is 7.42. The van der Waals surface area contributed by atoms with Crippen molar-refractivity contribution in [1.82, 2.24) is 4.90 Å². The Morgan fingerprint density at radius 2 is 1.62 bits per heavy atom. The van der Waals surface area contributed by atoms with Crippen LogP contribution in [0.1, 0.15) is 36.7 Å². The molecule has 0 spiro atoms. The second kappa shape index (κ2) is 10.4. The number of carboxylic acid groups (broad SMARTS) is 1. The summed E-state index contributed by atoms with van der Waals surface area (Å²) < 4.78 is 5.45. The van der Waals surface area contributed by atoms with E-state index in [-0.39, 0.29) is 6.04 Å². The Hall–Kier alpha value is -3.19. The van der Waals surface area contributed by atoms with Crippen LogP contribution in [0.5, 0.6) is 5.75 Å². The van der Waals surface area contributed by atoms with E-state index in [4.69, 9.17) is 20.4 Å². The van der Waals surface area contributed by atoms with Gasteiger partial charge in [-0.15, -0.1) is 0 Å². The zero-order valence-electron chi connectivity index (χ0n) is 17.4. The van der Waals surface area contributed by atoms with E-state index in [9.17, 15) is 9.59 Å². The number of carboxylic acids is 1. The molecule has 0 aliphatic heterocycles. The lowest BCUT2D eigenvalue weighted by molar-refractivity contribution is -0.134. The number of benzene rings is 2. The van der Waals surface area contributed by atoms with Gasteiger partial charge in [0, 0.05) is 13.0 Å². The molecule has 0 saturated carbocycles. The summed E-state index contributed by atoms with van der Waals surface area (Å²) in [6.07, 6.45) is 0. The van der Waals surface area contributed by atoms with E-state index in [0.29, 0.717) is 16.9 Å². The molecule has 29 heavy (non-hydrogen) atoms. The third kappa shape index (κ3) is 6.43. The number of hydrogen-bond acceptors (Lipinski definition) is 5. The summed E-state index contributed by atoms with van der Waals surface area (Å²) in [5.74, 6) is -1.33. The molecule has 156 valence electrons. The van der Waals surface area contributed by atoms with Crippen molar-refractivity contribution in [2.75, 3.05) is 14.1 Å². The lowest BCUT2D eigenvalue weighted by Gasteiger charge is -2.37.